The number of phenols is 1. The fraction of sp³-hybridized carbons (Fsp3) is 0.190. The summed E-state index contributed by atoms with van der Waals surface area (Å²) in [5.74, 6) is -0.359. The third-order valence-corrected chi connectivity index (χ3v) is 5.62. The van der Waals surface area contributed by atoms with Gasteiger partial charge in [0, 0.05) is 23.6 Å². The second kappa shape index (κ2) is 11.6. The number of anilines is 1. The van der Waals surface area contributed by atoms with Crippen molar-refractivity contribution in [3.8, 4) is 11.5 Å². The Morgan fingerprint density at radius 3 is 2.14 bits per heavy atom. The quantitative estimate of drug-likeness (QED) is 0.313. The Morgan fingerprint density at radius 1 is 1.09 bits per heavy atom. The highest BCUT2D eigenvalue weighted by Gasteiger charge is 2.30. The van der Waals surface area contributed by atoms with Gasteiger partial charge in [0.15, 0.2) is 5.78 Å². The summed E-state index contributed by atoms with van der Waals surface area (Å²) in [5, 5.41) is 41.2. The first-order valence-corrected chi connectivity index (χ1v) is 10.7. The van der Waals surface area contributed by atoms with Crippen LogP contribution in [0.2, 0.25) is 0 Å². The Kier molecular flexibility index (Phi) is 8.88. The first-order chi connectivity index (χ1) is 16.5. The number of non-ortho nitro benzene ring substituents is 1. The lowest BCUT2D eigenvalue weighted by molar-refractivity contribution is -0.404. The number of ether oxygens (including phenoxy) is 1. The van der Waals surface area contributed by atoms with Gasteiger partial charge < -0.3 is 14.7 Å². The van der Waals surface area contributed by atoms with Crippen molar-refractivity contribution in [1.82, 2.24) is 0 Å². The molecule has 14 heteroatoms. The SMILES string of the molecule is C/C=C/C(=O)/C=C1/Sc2ccc(OC)cc2N1CC.O=[N+]([O-])c1cc([N+](=O)[O-])c(O)c([N+](=O)[O-])c1. The van der Waals surface area contributed by atoms with Crippen molar-refractivity contribution < 1.29 is 29.4 Å². The predicted molar refractivity (Wildman–Crippen MR) is 128 cm³/mol. The molecule has 0 radical (unpaired) electrons. The van der Waals surface area contributed by atoms with Crippen molar-refractivity contribution in [2.45, 2.75) is 18.7 Å². The number of fused-ring (bicyclic) bond motifs is 1. The van der Waals surface area contributed by atoms with Crippen molar-refractivity contribution in [3.05, 3.63) is 83.9 Å². The average molecular weight is 504 g/mol. The lowest BCUT2D eigenvalue weighted by Crippen LogP contribution is -2.17. The molecular formula is C21H20N4O9S. The van der Waals surface area contributed by atoms with Crippen LogP contribution in [0.4, 0.5) is 22.7 Å². The maximum absolute atomic E-state index is 11.7. The molecule has 13 nitrogen and oxygen atoms in total. The minimum Gasteiger partial charge on any atom is -0.497 e. The maximum Gasteiger partial charge on any atom is 0.324 e. The fourth-order valence-electron chi connectivity index (χ4n) is 2.95. The summed E-state index contributed by atoms with van der Waals surface area (Å²) in [6.45, 7) is 4.74. The molecule has 1 N–H and O–H groups in total. The molecule has 0 aromatic heterocycles. The number of carbonyl (C=O) groups is 1. The van der Waals surface area contributed by atoms with E-state index in [1.807, 2.05) is 25.1 Å². The zero-order valence-corrected chi connectivity index (χ0v) is 19.6. The van der Waals surface area contributed by atoms with E-state index < -0.39 is 37.6 Å². The van der Waals surface area contributed by atoms with Crippen molar-refractivity contribution >= 4 is 40.3 Å². The Bertz CT molecular complexity index is 1210. The molecule has 0 amide bonds. The van der Waals surface area contributed by atoms with E-state index in [1.54, 1.807) is 37.1 Å². The van der Waals surface area contributed by atoms with E-state index in [0.29, 0.717) is 12.1 Å². The Hall–Kier alpha value is -4.46. The Labute approximate surface area is 202 Å². The molecule has 0 saturated heterocycles. The third-order valence-electron chi connectivity index (χ3n) is 4.51. The van der Waals surface area contributed by atoms with Gasteiger partial charge in [0.2, 0.25) is 0 Å². The number of methoxy groups -OCH3 is 1. The molecule has 2 aromatic carbocycles. The van der Waals surface area contributed by atoms with E-state index in [9.17, 15) is 35.1 Å². The van der Waals surface area contributed by atoms with Crippen LogP contribution < -0.4 is 9.64 Å². The Morgan fingerprint density at radius 2 is 1.69 bits per heavy atom. The van der Waals surface area contributed by atoms with Crippen molar-refractivity contribution in [2.24, 2.45) is 0 Å². The van der Waals surface area contributed by atoms with Crippen LogP contribution in [0.3, 0.4) is 0 Å². The number of nitro groups is 3. The molecule has 1 heterocycles. The number of phenolic OH excluding ortho intramolecular Hbond substituents is 1. The highest BCUT2D eigenvalue weighted by molar-refractivity contribution is 8.03. The van der Waals surface area contributed by atoms with Crippen LogP contribution in [0.15, 0.2) is 58.5 Å². The van der Waals surface area contributed by atoms with Crippen LogP contribution in [0.25, 0.3) is 0 Å². The second-order valence-corrected chi connectivity index (χ2v) is 7.73. The molecule has 35 heavy (non-hydrogen) atoms. The monoisotopic (exact) mass is 504 g/mol. The van der Waals surface area contributed by atoms with Gasteiger partial charge in [0.25, 0.3) is 11.4 Å². The van der Waals surface area contributed by atoms with Crippen molar-refractivity contribution in [2.75, 3.05) is 18.6 Å². The minimum atomic E-state index is -1.21. The summed E-state index contributed by atoms with van der Waals surface area (Å²) >= 11 is 1.62. The third kappa shape index (κ3) is 6.32. The molecule has 1 aliphatic heterocycles. The summed E-state index contributed by atoms with van der Waals surface area (Å²) in [5.41, 5.74) is -1.90. The maximum atomic E-state index is 11.7. The summed E-state index contributed by atoms with van der Waals surface area (Å²) in [6.07, 6.45) is 5.01. The molecule has 0 spiro atoms. The molecule has 0 atom stereocenters. The molecular weight excluding hydrogens is 484 g/mol. The lowest BCUT2D eigenvalue weighted by atomic mass is 10.2. The normalized spacial score (nSPS) is 13.2. The predicted octanol–water partition coefficient (Wildman–Crippen LogP) is 4.73. The van der Waals surface area contributed by atoms with E-state index in [1.165, 1.54) is 0 Å². The van der Waals surface area contributed by atoms with Gasteiger partial charge >= 0.3 is 11.4 Å². The number of hydrogen-bond acceptors (Lipinski definition) is 11. The van der Waals surface area contributed by atoms with Gasteiger partial charge in [0.05, 0.1) is 44.7 Å². The Balaban J connectivity index is 0.000000251. The second-order valence-electron chi connectivity index (χ2n) is 6.67. The summed E-state index contributed by atoms with van der Waals surface area (Å²) < 4.78 is 5.25. The number of hydrogen-bond donors (Lipinski definition) is 1. The smallest absolute Gasteiger partial charge is 0.324 e. The first kappa shape index (κ1) is 26.8. The highest BCUT2D eigenvalue weighted by atomic mass is 32.2. The van der Waals surface area contributed by atoms with Gasteiger partial charge in [-0.25, -0.2) is 0 Å². The molecule has 0 unspecified atom stereocenters. The van der Waals surface area contributed by atoms with Crippen LogP contribution in [-0.2, 0) is 4.79 Å². The number of allylic oxidation sites excluding steroid dienone is 3. The van der Waals surface area contributed by atoms with Crippen LogP contribution in [0.5, 0.6) is 11.5 Å². The minimum absolute atomic E-state index is 0.0169. The summed E-state index contributed by atoms with van der Waals surface area (Å²) in [4.78, 5) is 42.8. The number of nitrogens with zero attached hydrogens (tertiary/aromatic N) is 4. The first-order valence-electron chi connectivity index (χ1n) is 9.85. The van der Waals surface area contributed by atoms with Crippen LogP contribution in [0, 0.1) is 30.3 Å². The number of benzene rings is 2. The summed E-state index contributed by atoms with van der Waals surface area (Å²) in [7, 11) is 1.66. The van der Waals surface area contributed by atoms with Gasteiger partial charge in [0.1, 0.15) is 5.75 Å². The van der Waals surface area contributed by atoms with E-state index >= 15 is 0 Å². The van der Waals surface area contributed by atoms with E-state index in [-0.39, 0.29) is 5.78 Å². The van der Waals surface area contributed by atoms with Gasteiger partial charge in [-0.05, 0) is 32.1 Å². The number of ketones is 1. The highest BCUT2D eigenvalue weighted by Crippen LogP contribution is 2.47. The van der Waals surface area contributed by atoms with Crippen LogP contribution >= 0.6 is 11.8 Å². The molecule has 3 rings (SSSR count). The number of aromatic hydroxyl groups is 1. The standard InChI is InChI=1S/C15H17NO2S.C6H3N3O7/c1-4-6-11(17)9-15-16(5-2)13-10-12(18-3)7-8-14(13)19-15;10-6-4(8(13)14)1-3(7(11)12)2-5(6)9(15)16/h4,6-10H,5H2,1-3H3;1-2,10H/b6-4+,15-9+;. The number of thioether (sulfide) groups is 1. The molecule has 0 fully saturated rings. The molecule has 0 bridgehead atoms. The van der Waals surface area contributed by atoms with E-state index in [4.69, 9.17) is 9.84 Å². The molecule has 0 aliphatic carbocycles. The molecule has 184 valence electrons. The lowest BCUT2D eigenvalue weighted by Gasteiger charge is -2.18. The van der Waals surface area contributed by atoms with Gasteiger partial charge in [-0.1, -0.05) is 17.8 Å². The fourth-order valence-corrected chi connectivity index (χ4v) is 4.10. The average Bonchev–Trinajstić information content (AvgIpc) is 3.14. The number of rotatable bonds is 7. The number of carbonyl (C=O) groups excluding carboxylic acids is 1. The van der Waals surface area contributed by atoms with Gasteiger partial charge in [-0.15, -0.1) is 0 Å². The van der Waals surface area contributed by atoms with E-state index in [2.05, 4.69) is 11.8 Å². The van der Waals surface area contributed by atoms with Crippen LogP contribution in [-0.4, -0.2) is 39.3 Å². The van der Waals surface area contributed by atoms with Crippen molar-refractivity contribution in [3.63, 3.8) is 0 Å². The largest absolute Gasteiger partial charge is 0.497 e. The van der Waals surface area contributed by atoms with Crippen molar-refractivity contribution in [1.29, 1.82) is 0 Å². The molecule has 1 aliphatic rings. The van der Waals surface area contributed by atoms with Gasteiger partial charge in [-0.3, -0.25) is 35.1 Å². The zero-order valence-electron chi connectivity index (χ0n) is 18.7. The van der Waals surface area contributed by atoms with E-state index in [0.717, 1.165) is 27.9 Å². The molecule has 0 saturated carbocycles. The molecule has 2 aromatic rings. The zero-order chi connectivity index (χ0) is 26.3. The van der Waals surface area contributed by atoms with Gasteiger partial charge in [-0.2, -0.15) is 0 Å². The van der Waals surface area contributed by atoms with Crippen LogP contribution in [0.1, 0.15) is 13.8 Å². The summed E-state index contributed by atoms with van der Waals surface area (Å²) in [6, 6.07) is 6.87. The topological polar surface area (TPSA) is 179 Å². The number of nitro benzene ring substituents is 3.